The number of hydrogen-bond acceptors (Lipinski definition) is 4. The zero-order valence-corrected chi connectivity index (χ0v) is 10.0. The van der Waals surface area contributed by atoms with Crippen LogP contribution in [0.5, 0.6) is 0 Å². The van der Waals surface area contributed by atoms with E-state index in [1.165, 1.54) is 6.07 Å². The first-order chi connectivity index (χ1) is 7.95. The Bertz CT molecular complexity index is 443. The average Bonchev–Trinajstić information content (AvgIpc) is 2.27. The van der Waals surface area contributed by atoms with Gasteiger partial charge in [-0.15, -0.1) is 0 Å². The van der Waals surface area contributed by atoms with E-state index in [-0.39, 0.29) is 12.3 Å². The Morgan fingerprint density at radius 3 is 2.71 bits per heavy atom. The second-order valence-corrected chi connectivity index (χ2v) is 4.05. The molecule has 17 heavy (non-hydrogen) atoms. The topological polar surface area (TPSA) is 66.6 Å². The maximum absolute atomic E-state index is 10.9. The third-order valence-corrected chi connectivity index (χ3v) is 2.34. The lowest BCUT2D eigenvalue weighted by Gasteiger charge is -2.19. The van der Waals surface area contributed by atoms with E-state index in [9.17, 15) is 10.1 Å². The number of rotatable bonds is 5. The molecule has 0 spiro atoms. The van der Waals surface area contributed by atoms with Gasteiger partial charge in [-0.2, -0.15) is 0 Å². The number of anilines is 1. The zero-order valence-electron chi connectivity index (χ0n) is 10.0. The number of nitrogens with zero attached hydrogens (tertiary/aromatic N) is 2. The van der Waals surface area contributed by atoms with E-state index in [2.05, 4.69) is 6.58 Å². The van der Waals surface area contributed by atoms with Gasteiger partial charge in [0.05, 0.1) is 11.5 Å². The maximum atomic E-state index is 10.9. The van der Waals surface area contributed by atoms with E-state index >= 15 is 0 Å². The molecule has 0 aliphatic rings. The summed E-state index contributed by atoms with van der Waals surface area (Å²) in [5, 5.41) is 20.0. The van der Waals surface area contributed by atoms with E-state index in [4.69, 9.17) is 5.11 Å². The van der Waals surface area contributed by atoms with Crippen LogP contribution in [0, 0.1) is 10.1 Å². The van der Waals surface area contributed by atoms with Gasteiger partial charge in [-0.05, 0) is 24.6 Å². The molecule has 0 radical (unpaired) electrons. The molecule has 5 heteroatoms. The molecule has 1 rings (SSSR count). The molecule has 0 atom stereocenters. The van der Waals surface area contributed by atoms with Gasteiger partial charge in [-0.1, -0.05) is 12.2 Å². The SMILES string of the molecule is C=C(C)CN(C)c1cc(CO)ccc1[N+](=O)[O-]. The third kappa shape index (κ3) is 3.29. The summed E-state index contributed by atoms with van der Waals surface area (Å²) in [6.45, 7) is 6.04. The fourth-order valence-corrected chi connectivity index (χ4v) is 1.62. The van der Waals surface area contributed by atoms with Gasteiger partial charge in [0, 0.05) is 19.7 Å². The van der Waals surface area contributed by atoms with Crippen LogP contribution in [0.3, 0.4) is 0 Å². The van der Waals surface area contributed by atoms with Crippen molar-refractivity contribution in [3.63, 3.8) is 0 Å². The second kappa shape index (κ2) is 5.45. The van der Waals surface area contributed by atoms with Crippen LogP contribution in [0.15, 0.2) is 30.4 Å². The van der Waals surface area contributed by atoms with Crippen molar-refractivity contribution < 1.29 is 10.0 Å². The lowest BCUT2D eigenvalue weighted by molar-refractivity contribution is -0.384. The molecule has 0 unspecified atom stereocenters. The highest BCUT2D eigenvalue weighted by molar-refractivity contribution is 5.64. The Kier molecular flexibility index (Phi) is 4.23. The van der Waals surface area contributed by atoms with Crippen LogP contribution in [0.25, 0.3) is 0 Å². The van der Waals surface area contributed by atoms with Crippen LogP contribution in [-0.4, -0.2) is 23.6 Å². The molecule has 92 valence electrons. The highest BCUT2D eigenvalue weighted by Crippen LogP contribution is 2.28. The summed E-state index contributed by atoms with van der Waals surface area (Å²) >= 11 is 0. The molecule has 0 fully saturated rings. The van der Waals surface area contributed by atoms with Gasteiger partial charge >= 0.3 is 0 Å². The normalized spacial score (nSPS) is 10.1. The number of benzene rings is 1. The van der Waals surface area contributed by atoms with Gasteiger partial charge in [0.1, 0.15) is 5.69 Å². The van der Waals surface area contributed by atoms with Crippen molar-refractivity contribution >= 4 is 11.4 Å². The minimum absolute atomic E-state index is 0.0333. The van der Waals surface area contributed by atoms with Crippen LogP contribution in [-0.2, 0) is 6.61 Å². The van der Waals surface area contributed by atoms with Crippen LogP contribution < -0.4 is 4.90 Å². The van der Waals surface area contributed by atoms with Crippen molar-refractivity contribution in [2.45, 2.75) is 13.5 Å². The van der Waals surface area contributed by atoms with Gasteiger partial charge in [0.2, 0.25) is 0 Å². The molecular weight excluding hydrogens is 220 g/mol. The number of likely N-dealkylation sites (N-methyl/N-ethyl adjacent to an activating group) is 1. The molecule has 0 heterocycles. The quantitative estimate of drug-likeness (QED) is 0.483. The lowest BCUT2D eigenvalue weighted by Crippen LogP contribution is -2.20. The van der Waals surface area contributed by atoms with Gasteiger partial charge < -0.3 is 10.0 Å². The third-order valence-electron chi connectivity index (χ3n) is 2.34. The van der Waals surface area contributed by atoms with Crippen molar-refractivity contribution in [3.8, 4) is 0 Å². The molecule has 1 N–H and O–H groups in total. The lowest BCUT2D eigenvalue weighted by atomic mass is 10.1. The van der Waals surface area contributed by atoms with Gasteiger partial charge in [0.15, 0.2) is 0 Å². The Morgan fingerprint density at radius 1 is 1.59 bits per heavy atom. The Labute approximate surface area is 100 Å². The Hall–Kier alpha value is -1.88. The first kappa shape index (κ1) is 13.2. The number of aliphatic hydroxyl groups is 1. The summed E-state index contributed by atoms with van der Waals surface area (Å²) in [5.41, 5.74) is 2.09. The minimum Gasteiger partial charge on any atom is -0.392 e. The van der Waals surface area contributed by atoms with E-state index in [0.717, 1.165) is 5.57 Å². The molecule has 0 aromatic heterocycles. The zero-order chi connectivity index (χ0) is 13.0. The summed E-state index contributed by atoms with van der Waals surface area (Å²) in [6, 6.07) is 4.59. The second-order valence-electron chi connectivity index (χ2n) is 4.05. The number of nitro benzene ring substituents is 1. The van der Waals surface area contributed by atoms with Gasteiger partial charge in [-0.25, -0.2) is 0 Å². The first-order valence-corrected chi connectivity index (χ1v) is 5.19. The molecule has 0 amide bonds. The van der Waals surface area contributed by atoms with Gasteiger partial charge in [0.25, 0.3) is 5.69 Å². The van der Waals surface area contributed by atoms with Crippen LogP contribution in [0.2, 0.25) is 0 Å². The molecule has 0 aliphatic carbocycles. The Morgan fingerprint density at radius 2 is 2.24 bits per heavy atom. The predicted molar refractivity (Wildman–Crippen MR) is 67.1 cm³/mol. The summed E-state index contributed by atoms with van der Waals surface area (Å²) in [5.74, 6) is 0. The average molecular weight is 236 g/mol. The molecule has 0 saturated carbocycles. The fourth-order valence-electron chi connectivity index (χ4n) is 1.62. The van der Waals surface area contributed by atoms with Crippen molar-refractivity contribution in [2.75, 3.05) is 18.5 Å². The summed E-state index contributed by atoms with van der Waals surface area (Å²) in [6.07, 6.45) is 0. The van der Waals surface area contributed by atoms with Crippen LogP contribution in [0.1, 0.15) is 12.5 Å². The van der Waals surface area contributed by atoms with E-state index in [0.29, 0.717) is 17.8 Å². The monoisotopic (exact) mass is 236 g/mol. The standard InChI is InChI=1S/C12H16N2O3/c1-9(2)7-13(3)12-6-10(8-15)4-5-11(12)14(16)17/h4-6,15H,1,7-8H2,2-3H3. The van der Waals surface area contributed by atoms with E-state index in [1.54, 1.807) is 24.1 Å². The number of nitro groups is 1. The summed E-state index contributed by atoms with van der Waals surface area (Å²) in [7, 11) is 1.76. The molecule has 5 nitrogen and oxygen atoms in total. The molecule has 0 saturated heterocycles. The first-order valence-electron chi connectivity index (χ1n) is 5.19. The maximum Gasteiger partial charge on any atom is 0.292 e. The smallest absolute Gasteiger partial charge is 0.292 e. The molecular formula is C12H16N2O3. The van der Waals surface area contributed by atoms with Gasteiger partial charge in [-0.3, -0.25) is 10.1 Å². The molecule has 0 aliphatic heterocycles. The highest BCUT2D eigenvalue weighted by atomic mass is 16.6. The van der Waals surface area contributed by atoms with Crippen molar-refractivity contribution in [1.29, 1.82) is 0 Å². The van der Waals surface area contributed by atoms with E-state index in [1.807, 2.05) is 6.92 Å². The summed E-state index contributed by atoms with van der Waals surface area (Å²) < 4.78 is 0. The highest BCUT2D eigenvalue weighted by Gasteiger charge is 2.17. The number of hydrogen-bond donors (Lipinski definition) is 1. The fraction of sp³-hybridized carbons (Fsp3) is 0.333. The molecule has 1 aromatic carbocycles. The van der Waals surface area contributed by atoms with Crippen LogP contribution >= 0.6 is 0 Å². The van der Waals surface area contributed by atoms with Crippen molar-refractivity contribution in [3.05, 3.63) is 46.0 Å². The molecule has 0 bridgehead atoms. The number of aliphatic hydroxyl groups excluding tert-OH is 1. The predicted octanol–water partition coefficient (Wildman–Crippen LogP) is 2.10. The van der Waals surface area contributed by atoms with Crippen LogP contribution in [0.4, 0.5) is 11.4 Å². The molecule has 1 aromatic rings. The van der Waals surface area contributed by atoms with E-state index < -0.39 is 4.92 Å². The largest absolute Gasteiger partial charge is 0.392 e. The Balaban J connectivity index is 3.16. The minimum atomic E-state index is -0.425. The van der Waals surface area contributed by atoms with Crippen molar-refractivity contribution in [2.24, 2.45) is 0 Å². The van der Waals surface area contributed by atoms with Crippen molar-refractivity contribution in [1.82, 2.24) is 0 Å². The summed E-state index contributed by atoms with van der Waals surface area (Å²) in [4.78, 5) is 12.2.